The number of carbonyl (C=O) groups excluding carboxylic acids is 1. The molecule has 0 N–H and O–H groups in total. The number of hydrogen-bond acceptors (Lipinski definition) is 6. The van der Waals surface area contributed by atoms with Crippen LogP contribution in [0.3, 0.4) is 0 Å². The molecule has 3 atom stereocenters. The van der Waals surface area contributed by atoms with Crippen LogP contribution < -0.4 is 9.47 Å². The fourth-order valence-electron chi connectivity index (χ4n) is 2.20. The Morgan fingerprint density at radius 2 is 1.74 bits per heavy atom. The van der Waals surface area contributed by atoms with Gasteiger partial charge < -0.3 is 28.5 Å². The third-order valence-electron chi connectivity index (χ3n) is 3.74. The quantitative estimate of drug-likeness (QED) is 0.460. The van der Waals surface area contributed by atoms with Crippen LogP contribution in [0.5, 0.6) is 11.5 Å². The zero-order valence-electron chi connectivity index (χ0n) is 14.4. The van der Waals surface area contributed by atoms with Crippen LogP contribution in [0, 0.1) is 11.8 Å². The Bertz CT molecular complexity index is 476. The second-order valence-electron chi connectivity index (χ2n) is 5.31. The van der Waals surface area contributed by atoms with E-state index in [2.05, 4.69) is 0 Å². The van der Waals surface area contributed by atoms with E-state index in [1.165, 1.54) is 0 Å². The van der Waals surface area contributed by atoms with Gasteiger partial charge in [-0.15, -0.1) is 0 Å². The van der Waals surface area contributed by atoms with Crippen molar-refractivity contribution < 1.29 is 28.5 Å². The molecule has 23 heavy (non-hydrogen) atoms. The molecule has 0 aromatic heterocycles. The standard InChI is InChI=1S/C17H26O6/c1-12(9-18)13(2)17(23-11-20-4)14-6-7-15(22-10-19-3)16(8-14)21-5/h6-9,12-13,17H,10-11H2,1-5H3/t12-,13+,17+/m0/s1. The van der Waals surface area contributed by atoms with Crippen molar-refractivity contribution in [1.82, 2.24) is 0 Å². The Balaban J connectivity index is 3.07. The van der Waals surface area contributed by atoms with Gasteiger partial charge in [-0.05, 0) is 23.6 Å². The van der Waals surface area contributed by atoms with Gasteiger partial charge in [0.2, 0.25) is 0 Å². The topological polar surface area (TPSA) is 63.2 Å². The van der Waals surface area contributed by atoms with Gasteiger partial charge in [0, 0.05) is 20.1 Å². The summed E-state index contributed by atoms with van der Waals surface area (Å²) >= 11 is 0. The number of methoxy groups -OCH3 is 3. The normalized spacial score (nSPS) is 14.8. The summed E-state index contributed by atoms with van der Waals surface area (Å²) in [7, 11) is 4.69. The van der Waals surface area contributed by atoms with Gasteiger partial charge in [0.05, 0.1) is 13.2 Å². The molecule has 0 bridgehead atoms. The summed E-state index contributed by atoms with van der Waals surface area (Å²) in [5.74, 6) is 1.00. The lowest BCUT2D eigenvalue weighted by Gasteiger charge is -2.27. The van der Waals surface area contributed by atoms with E-state index in [1.54, 1.807) is 27.4 Å². The van der Waals surface area contributed by atoms with Crippen LogP contribution in [0.4, 0.5) is 0 Å². The van der Waals surface area contributed by atoms with E-state index in [0.717, 1.165) is 11.8 Å². The lowest BCUT2D eigenvalue weighted by Crippen LogP contribution is -2.22. The maximum absolute atomic E-state index is 11.1. The van der Waals surface area contributed by atoms with E-state index in [9.17, 15) is 4.79 Å². The SMILES string of the molecule is COCOc1ccc([C@H](OCOC)[C@H](C)[C@@H](C)C=O)cc1OC. The number of hydrogen-bond donors (Lipinski definition) is 0. The first-order valence-electron chi connectivity index (χ1n) is 7.44. The fourth-order valence-corrected chi connectivity index (χ4v) is 2.20. The summed E-state index contributed by atoms with van der Waals surface area (Å²) in [6.07, 6.45) is 0.640. The summed E-state index contributed by atoms with van der Waals surface area (Å²) in [4.78, 5) is 11.1. The summed E-state index contributed by atoms with van der Waals surface area (Å²) in [6.45, 7) is 4.12. The lowest BCUT2D eigenvalue weighted by atomic mass is 9.87. The van der Waals surface area contributed by atoms with E-state index < -0.39 is 0 Å². The molecule has 130 valence electrons. The molecule has 0 aliphatic heterocycles. The van der Waals surface area contributed by atoms with Crippen molar-refractivity contribution in [2.24, 2.45) is 11.8 Å². The molecule has 1 rings (SSSR count). The van der Waals surface area contributed by atoms with Gasteiger partial charge in [-0.3, -0.25) is 0 Å². The molecule has 0 aliphatic carbocycles. The van der Waals surface area contributed by atoms with Crippen LogP contribution in [-0.4, -0.2) is 41.2 Å². The molecule has 0 amide bonds. The maximum atomic E-state index is 11.1. The largest absolute Gasteiger partial charge is 0.493 e. The molecule has 0 aliphatic rings. The Kier molecular flexibility index (Phi) is 8.61. The fraction of sp³-hybridized carbons (Fsp3) is 0.588. The molecule has 1 aromatic carbocycles. The van der Waals surface area contributed by atoms with Crippen molar-refractivity contribution in [3.8, 4) is 11.5 Å². The lowest BCUT2D eigenvalue weighted by molar-refractivity contribution is -0.120. The minimum atomic E-state index is -0.291. The number of benzene rings is 1. The second kappa shape index (κ2) is 10.2. The van der Waals surface area contributed by atoms with E-state index >= 15 is 0 Å². The van der Waals surface area contributed by atoms with Crippen molar-refractivity contribution in [3.05, 3.63) is 23.8 Å². The smallest absolute Gasteiger partial charge is 0.188 e. The van der Waals surface area contributed by atoms with Crippen molar-refractivity contribution in [1.29, 1.82) is 0 Å². The molecule has 0 unspecified atom stereocenters. The minimum absolute atomic E-state index is 0.0156. The van der Waals surface area contributed by atoms with E-state index in [4.69, 9.17) is 23.7 Å². The number of carbonyl (C=O) groups is 1. The number of rotatable bonds is 11. The molecular weight excluding hydrogens is 300 g/mol. The van der Waals surface area contributed by atoms with Crippen molar-refractivity contribution in [2.75, 3.05) is 34.9 Å². The van der Waals surface area contributed by atoms with Gasteiger partial charge in [0.25, 0.3) is 0 Å². The molecule has 0 saturated heterocycles. The third-order valence-corrected chi connectivity index (χ3v) is 3.74. The van der Waals surface area contributed by atoms with Crippen molar-refractivity contribution in [2.45, 2.75) is 20.0 Å². The van der Waals surface area contributed by atoms with Gasteiger partial charge in [-0.2, -0.15) is 0 Å². The first kappa shape index (κ1) is 19.4. The average molecular weight is 326 g/mol. The van der Waals surface area contributed by atoms with Crippen molar-refractivity contribution in [3.63, 3.8) is 0 Å². The monoisotopic (exact) mass is 326 g/mol. The Hall–Kier alpha value is -1.63. The van der Waals surface area contributed by atoms with Gasteiger partial charge in [0.15, 0.2) is 18.3 Å². The predicted molar refractivity (Wildman–Crippen MR) is 85.6 cm³/mol. The summed E-state index contributed by atoms with van der Waals surface area (Å²) in [6, 6.07) is 5.54. The van der Waals surface area contributed by atoms with Gasteiger partial charge in [0.1, 0.15) is 13.1 Å². The first-order chi connectivity index (χ1) is 11.1. The van der Waals surface area contributed by atoms with Crippen LogP contribution in [0.25, 0.3) is 0 Å². The zero-order valence-corrected chi connectivity index (χ0v) is 14.4. The molecule has 0 radical (unpaired) electrons. The summed E-state index contributed by atoms with van der Waals surface area (Å²) in [5.41, 5.74) is 0.893. The molecule has 6 nitrogen and oxygen atoms in total. The minimum Gasteiger partial charge on any atom is -0.493 e. The number of aldehydes is 1. The zero-order chi connectivity index (χ0) is 17.2. The molecule has 0 heterocycles. The van der Waals surface area contributed by atoms with E-state index in [1.807, 2.05) is 26.0 Å². The summed E-state index contributed by atoms with van der Waals surface area (Å²) in [5, 5.41) is 0. The van der Waals surface area contributed by atoms with Crippen molar-refractivity contribution >= 4 is 6.29 Å². The van der Waals surface area contributed by atoms with E-state index in [0.29, 0.717) is 11.5 Å². The molecule has 0 spiro atoms. The highest BCUT2D eigenvalue weighted by molar-refractivity contribution is 5.53. The van der Waals surface area contributed by atoms with Crippen LogP contribution in [0.15, 0.2) is 18.2 Å². The predicted octanol–water partition coefficient (Wildman–Crippen LogP) is 2.81. The van der Waals surface area contributed by atoms with Gasteiger partial charge >= 0.3 is 0 Å². The number of ether oxygens (including phenoxy) is 5. The molecule has 0 fully saturated rings. The highest BCUT2D eigenvalue weighted by atomic mass is 16.7. The maximum Gasteiger partial charge on any atom is 0.188 e. The molecule has 1 aromatic rings. The summed E-state index contributed by atoms with van der Waals surface area (Å²) < 4.78 is 26.5. The highest BCUT2D eigenvalue weighted by Crippen LogP contribution is 2.36. The van der Waals surface area contributed by atoms with Crippen LogP contribution in [0.2, 0.25) is 0 Å². The van der Waals surface area contributed by atoms with Gasteiger partial charge in [-0.1, -0.05) is 19.9 Å². The Morgan fingerprint density at radius 1 is 1.04 bits per heavy atom. The van der Waals surface area contributed by atoms with E-state index in [-0.39, 0.29) is 31.5 Å². The first-order valence-corrected chi connectivity index (χ1v) is 7.44. The Morgan fingerprint density at radius 3 is 2.30 bits per heavy atom. The molecule has 0 saturated carbocycles. The average Bonchev–Trinajstić information content (AvgIpc) is 2.59. The van der Waals surface area contributed by atoms with Crippen LogP contribution in [0.1, 0.15) is 25.5 Å². The molecular formula is C17H26O6. The Labute approximate surface area is 137 Å². The molecule has 6 heteroatoms. The second-order valence-corrected chi connectivity index (χ2v) is 5.31. The van der Waals surface area contributed by atoms with Crippen LogP contribution in [-0.2, 0) is 19.0 Å². The highest BCUT2D eigenvalue weighted by Gasteiger charge is 2.26. The van der Waals surface area contributed by atoms with Gasteiger partial charge in [-0.25, -0.2) is 0 Å². The van der Waals surface area contributed by atoms with Crippen LogP contribution >= 0.6 is 0 Å². The third kappa shape index (κ3) is 5.49.